The summed E-state index contributed by atoms with van der Waals surface area (Å²) in [5.41, 5.74) is -0.0999. The van der Waals surface area contributed by atoms with E-state index >= 15 is 0 Å². The molecule has 0 amide bonds. The van der Waals surface area contributed by atoms with E-state index in [4.69, 9.17) is 4.74 Å². The van der Waals surface area contributed by atoms with E-state index in [1.165, 1.54) is 18.6 Å². The van der Waals surface area contributed by atoms with Crippen LogP contribution in [0.25, 0.3) is 16.6 Å². The minimum absolute atomic E-state index is 0.0651. The molecule has 5 nitrogen and oxygen atoms in total. The maximum absolute atomic E-state index is 13.4. The molecule has 0 fully saturated rings. The first-order valence-electron chi connectivity index (χ1n) is 7.73. The summed E-state index contributed by atoms with van der Waals surface area (Å²) in [6.45, 7) is 1.78. The fourth-order valence-corrected chi connectivity index (χ4v) is 2.87. The molecule has 0 radical (unpaired) electrons. The minimum Gasteiger partial charge on any atom is -0.482 e. The SMILES string of the molecule is CNc1nc(=O)c(-c2ccccc2C)c2cc(C(F)(F)F)cc(OC)n12. The molecule has 0 saturated carbocycles. The van der Waals surface area contributed by atoms with Crippen LogP contribution < -0.4 is 15.6 Å². The number of hydrogen-bond acceptors (Lipinski definition) is 4. The van der Waals surface area contributed by atoms with Gasteiger partial charge in [0, 0.05) is 13.1 Å². The number of alkyl halides is 3. The predicted octanol–water partition coefficient (Wildman–Crippen LogP) is 3.74. The lowest BCUT2D eigenvalue weighted by Crippen LogP contribution is -2.19. The van der Waals surface area contributed by atoms with Crippen molar-refractivity contribution in [1.29, 1.82) is 0 Å². The third-order valence-electron chi connectivity index (χ3n) is 4.10. The zero-order valence-corrected chi connectivity index (χ0v) is 14.3. The number of ether oxygens (including phenoxy) is 1. The molecular formula is C18H16F3N3O2. The largest absolute Gasteiger partial charge is 0.482 e. The summed E-state index contributed by atoms with van der Waals surface area (Å²) < 4.78 is 46.6. The molecule has 0 saturated heterocycles. The lowest BCUT2D eigenvalue weighted by atomic mass is 10.0. The van der Waals surface area contributed by atoms with E-state index in [-0.39, 0.29) is 22.9 Å². The van der Waals surface area contributed by atoms with Gasteiger partial charge in [-0.2, -0.15) is 18.2 Å². The number of fused-ring (bicyclic) bond motifs is 1. The molecule has 0 unspecified atom stereocenters. The molecule has 8 heteroatoms. The number of rotatable bonds is 3. The van der Waals surface area contributed by atoms with Crippen LogP contribution >= 0.6 is 0 Å². The number of aryl methyl sites for hydroxylation is 1. The molecule has 0 bridgehead atoms. The molecule has 0 spiro atoms. The van der Waals surface area contributed by atoms with Crippen molar-refractivity contribution in [3.63, 3.8) is 0 Å². The van der Waals surface area contributed by atoms with Gasteiger partial charge in [0.2, 0.25) is 11.8 Å². The summed E-state index contributed by atoms with van der Waals surface area (Å²) >= 11 is 0. The van der Waals surface area contributed by atoms with Crippen molar-refractivity contribution in [2.45, 2.75) is 13.1 Å². The highest BCUT2D eigenvalue weighted by Gasteiger charge is 2.33. The second kappa shape index (κ2) is 6.36. The van der Waals surface area contributed by atoms with Gasteiger partial charge in [-0.15, -0.1) is 0 Å². The van der Waals surface area contributed by atoms with Crippen LogP contribution in [0.1, 0.15) is 11.1 Å². The highest BCUT2D eigenvalue weighted by molar-refractivity contribution is 5.83. The number of aromatic nitrogens is 2. The van der Waals surface area contributed by atoms with E-state index in [1.807, 2.05) is 0 Å². The van der Waals surface area contributed by atoms with E-state index in [0.717, 1.165) is 17.7 Å². The van der Waals surface area contributed by atoms with Crippen LogP contribution in [-0.2, 0) is 6.18 Å². The van der Waals surface area contributed by atoms with E-state index in [2.05, 4.69) is 10.3 Å². The van der Waals surface area contributed by atoms with Crippen LogP contribution in [0.2, 0.25) is 0 Å². The van der Waals surface area contributed by atoms with E-state index < -0.39 is 17.3 Å². The standard InChI is InChI=1S/C18H16F3N3O2/c1-10-6-4-5-7-12(10)15-13-8-11(18(19,20)21)9-14(26-3)24(13)17(22-2)23-16(15)25/h4-9H,1-3H3,(H,22,23,25). The molecule has 0 aliphatic carbocycles. The zero-order valence-electron chi connectivity index (χ0n) is 14.3. The Kier molecular flexibility index (Phi) is 4.35. The molecule has 2 heterocycles. The molecule has 26 heavy (non-hydrogen) atoms. The molecular weight excluding hydrogens is 347 g/mol. The fourth-order valence-electron chi connectivity index (χ4n) is 2.87. The van der Waals surface area contributed by atoms with Gasteiger partial charge in [-0.1, -0.05) is 24.3 Å². The molecule has 2 aromatic heterocycles. The van der Waals surface area contributed by atoms with Crippen LogP contribution in [0.15, 0.2) is 41.2 Å². The number of halogens is 3. The van der Waals surface area contributed by atoms with Crippen LogP contribution in [-0.4, -0.2) is 23.5 Å². The third-order valence-corrected chi connectivity index (χ3v) is 4.10. The lowest BCUT2D eigenvalue weighted by molar-refractivity contribution is -0.137. The van der Waals surface area contributed by atoms with Gasteiger partial charge in [-0.05, 0) is 24.1 Å². The van der Waals surface area contributed by atoms with Gasteiger partial charge in [-0.25, -0.2) is 4.40 Å². The first-order chi connectivity index (χ1) is 12.3. The van der Waals surface area contributed by atoms with Crippen molar-refractivity contribution in [1.82, 2.24) is 9.38 Å². The number of nitrogens with zero attached hydrogens (tertiary/aromatic N) is 2. The molecule has 0 aliphatic heterocycles. The van der Waals surface area contributed by atoms with Crippen molar-refractivity contribution in [2.24, 2.45) is 0 Å². The zero-order chi connectivity index (χ0) is 19.1. The third kappa shape index (κ3) is 2.87. The number of benzene rings is 1. The Morgan fingerprint density at radius 3 is 2.46 bits per heavy atom. The average Bonchev–Trinajstić information content (AvgIpc) is 2.60. The second-order valence-corrected chi connectivity index (χ2v) is 5.69. The lowest BCUT2D eigenvalue weighted by Gasteiger charge is -2.18. The van der Waals surface area contributed by atoms with Crippen LogP contribution in [0, 0.1) is 6.92 Å². The topological polar surface area (TPSA) is 55.6 Å². The van der Waals surface area contributed by atoms with E-state index in [9.17, 15) is 18.0 Å². The second-order valence-electron chi connectivity index (χ2n) is 5.69. The summed E-state index contributed by atoms with van der Waals surface area (Å²) in [7, 11) is 2.79. The fraction of sp³-hybridized carbons (Fsp3) is 0.222. The Labute approximate surface area is 147 Å². The molecule has 3 aromatic rings. The average molecular weight is 363 g/mol. The van der Waals surface area contributed by atoms with Crippen molar-refractivity contribution < 1.29 is 17.9 Å². The van der Waals surface area contributed by atoms with Gasteiger partial charge in [0.05, 0.1) is 23.8 Å². The highest BCUT2D eigenvalue weighted by Crippen LogP contribution is 2.36. The number of hydrogen-bond donors (Lipinski definition) is 1. The van der Waals surface area contributed by atoms with Crippen LogP contribution in [0.4, 0.5) is 19.1 Å². The molecule has 0 aliphatic rings. The van der Waals surface area contributed by atoms with Crippen molar-refractivity contribution in [2.75, 3.05) is 19.5 Å². The van der Waals surface area contributed by atoms with Crippen LogP contribution in [0.5, 0.6) is 5.88 Å². The predicted molar refractivity (Wildman–Crippen MR) is 92.7 cm³/mol. The monoisotopic (exact) mass is 363 g/mol. The smallest absolute Gasteiger partial charge is 0.416 e. The number of methoxy groups -OCH3 is 1. The normalized spacial score (nSPS) is 11.6. The van der Waals surface area contributed by atoms with Crippen molar-refractivity contribution in [3.8, 4) is 17.0 Å². The molecule has 1 aromatic carbocycles. The Bertz CT molecular complexity index is 1040. The highest BCUT2D eigenvalue weighted by atomic mass is 19.4. The van der Waals surface area contributed by atoms with Gasteiger partial charge >= 0.3 is 6.18 Å². The Hall–Kier alpha value is -3.03. The van der Waals surface area contributed by atoms with Gasteiger partial charge in [0.15, 0.2) is 0 Å². The Balaban J connectivity index is 2.55. The summed E-state index contributed by atoms with van der Waals surface area (Å²) in [6, 6.07) is 8.78. The molecule has 136 valence electrons. The Morgan fingerprint density at radius 1 is 1.19 bits per heavy atom. The van der Waals surface area contributed by atoms with Crippen LogP contribution in [0.3, 0.4) is 0 Å². The van der Waals surface area contributed by atoms with Gasteiger partial charge in [0.1, 0.15) is 0 Å². The van der Waals surface area contributed by atoms with Gasteiger partial charge < -0.3 is 10.1 Å². The quantitative estimate of drug-likeness (QED) is 0.770. The molecule has 0 atom stereocenters. The van der Waals surface area contributed by atoms with Gasteiger partial charge in [0.25, 0.3) is 5.56 Å². The maximum atomic E-state index is 13.4. The number of pyridine rings is 1. The first-order valence-corrected chi connectivity index (χ1v) is 7.73. The van der Waals surface area contributed by atoms with Crippen molar-refractivity contribution in [3.05, 3.63) is 57.9 Å². The maximum Gasteiger partial charge on any atom is 0.416 e. The summed E-state index contributed by atoms with van der Waals surface area (Å²) in [5.74, 6) is 0.00872. The van der Waals surface area contributed by atoms with Gasteiger partial charge in [-0.3, -0.25) is 4.79 Å². The van der Waals surface area contributed by atoms with Crippen molar-refractivity contribution >= 4 is 11.5 Å². The number of anilines is 1. The molecule has 1 N–H and O–H groups in total. The van der Waals surface area contributed by atoms with E-state index in [1.54, 1.807) is 31.2 Å². The molecule has 3 rings (SSSR count). The summed E-state index contributed by atoms with van der Waals surface area (Å²) in [4.78, 5) is 16.6. The summed E-state index contributed by atoms with van der Waals surface area (Å²) in [6.07, 6.45) is -4.59. The van der Waals surface area contributed by atoms with E-state index in [0.29, 0.717) is 5.56 Å². The minimum atomic E-state index is -4.59. The number of nitrogens with one attached hydrogen (secondary N) is 1. The Morgan fingerprint density at radius 2 is 1.88 bits per heavy atom. The first kappa shape index (κ1) is 17.8. The summed E-state index contributed by atoms with van der Waals surface area (Å²) in [5, 5.41) is 2.73.